The Bertz CT molecular complexity index is 937. The Hall–Kier alpha value is -2.89. The van der Waals surface area contributed by atoms with Crippen molar-refractivity contribution in [1.29, 1.82) is 0 Å². The number of carbonyl (C=O) groups excluding carboxylic acids is 2. The number of aryl methyl sites for hydroxylation is 2. The van der Waals surface area contributed by atoms with Crippen molar-refractivity contribution >= 4 is 23.2 Å². The number of hydrogen-bond donors (Lipinski definition) is 0. The molecule has 6 heteroatoms. The third-order valence-electron chi connectivity index (χ3n) is 5.91. The first kappa shape index (κ1) is 19.4. The molecule has 2 heterocycles. The molecule has 0 saturated carbocycles. The topological polar surface area (TPSA) is 43.9 Å². The number of carbonyl (C=O) groups is 2. The van der Waals surface area contributed by atoms with Gasteiger partial charge in [0.05, 0.1) is 11.6 Å². The first-order chi connectivity index (χ1) is 13.9. The van der Waals surface area contributed by atoms with Crippen molar-refractivity contribution in [2.75, 3.05) is 42.5 Å². The lowest BCUT2D eigenvalue weighted by Gasteiger charge is -2.37. The van der Waals surface area contributed by atoms with E-state index >= 15 is 0 Å². The number of benzene rings is 2. The zero-order valence-electron chi connectivity index (χ0n) is 16.9. The Balaban J connectivity index is 1.40. The van der Waals surface area contributed by atoms with Crippen molar-refractivity contribution in [3.8, 4) is 0 Å². The van der Waals surface area contributed by atoms with E-state index in [1.165, 1.54) is 6.07 Å². The van der Waals surface area contributed by atoms with Gasteiger partial charge >= 0.3 is 0 Å². The van der Waals surface area contributed by atoms with Crippen LogP contribution in [0.15, 0.2) is 42.5 Å². The van der Waals surface area contributed by atoms with Gasteiger partial charge in [0.25, 0.3) is 0 Å². The molecule has 2 aliphatic heterocycles. The Kier molecular flexibility index (Phi) is 5.26. The van der Waals surface area contributed by atoms with Gasteiger partial charge in [-0.2, -0.15) is 0 Å². The fourth-order valence-corrected chi connectivity index (χ4v) is 4.25. The summed E-state index contributed by atoms with van der Waals surface area (Å²) in [7, 11) is 0. The van der Waals surface area contributed by atoms with Crippen LogP contribution in [-0.4, -0.2) is 49.4 Å². The van der Waals surface area contributed by atoms with Crippen molar-refractivity contribution in [2.24, 2.45) is 5.92 Å². The van der Waals surface area contributed by atoms with Crippen molar-refractivity contribution in [1.82, 2.24) is 4.90 Å². The van der Waals surface area contributed by atoms with E-state index in [1.54, 1.807) is 17.0 Å². The molecule has 2 saturated heterocycles. The van der Waals surface area contributed by atoms with Crippen LogP contribution in [0.5, 0.6) is 0 Å². The van der Waals surface area contributed by atoms with E-state index in [0.29, 0.717) is 38.4 Å². The molecule has 2 fully saturated rings. The molecule has 152 valence electrons. The van der Waals surface area contributed by atoms with Crippen LogP contribution in [0.2, 0.25) is 0 Å². The first-order valence-corrected chi connectivity index (χ1v) is 10.1. The van der Waals surface area contributed by atoms with E-state index in [4.69, 9.17) is 0 Å². The first-order valence-electron chi connectivity index (χ1n) is 10.1. The third kappa shape index (κ3) is 3.84. The second kappa shape index (κ2) is 7.85. The van der Waals surface area contributed by atoms with Crippen LogP contribution in [0.3, 0.4) is 0 Å². The molecule has 0 aliphatic carbocycles. The molecule has 0 N–H and O–H groups in total. The maximum absolute atomic E-state index is 14.0. The minimum absolute atomic E-state index is 0.00189. The third-order valence-corrected chi connectivity index (χ3v) is 5.91. The zero-order chi connectivity index (χ0) is 20.5. The SMILES string of the molecule is Cc1ccc(C)c(N2CC(C(=O)N3CCN(c4ccccc4F)CC3)CC2=O)c1. The lowest BCUT2D eigenvalue weighted by molar-refractivity contribution is -0.136. The highest BCUT2D eigenvalue weighted by Crippen LogP contribution is 2.30. The van der Waals surface area contributed by atoms with Gasteiger partial charge in [0, 0.05) is 44.8 Å². The molecular formula is C23H26FN3O2. The summed E-state index contributed by atoms with van der Waals surface area (Å²) in [5.41, 5.74) is 3.61. The monoisotopic (exact) mass is 395 g/mol. The highest BCUT2D eigenvalue weighted by Gasteiger charge is 2.38. The number of rotatable bonds is 3. The van der Waals surface area contributed by atoms with Crippen LogP contribution in [0.25, 0.3) is 0 Å². The van der Waals surface area contributed by atoms with Crippen molar-refractivity contribution in [3.05, 3.63) is 59.4 Å². The Morgan fingerprint density at radius 3 is 2.45 bits per heavy atom. The number of anilines is 2. The van der Waals surface area contributed by atoms with Gasteiger partial charge in [0.15, 0.2) is 0 Å². The number of para-hydroxylation sites is 1. The van der Waals surface area contributed by atoms with E-state index < -0.39 is 0 Å². The van der Waals surface area contributed by atoms with Crippen molar-refractivity contribution in [2.45, 2.75) is 20.3 Å². The molecular weight excluding hydrogens is 369 g/mol. The predicted octanol–water partition coefficient (Wildman–Crippen LogP) is 3.14. The van der Waals surface area contributed by atoms with Crippen LogP contribution >= 0.6 is 0 Å². The smallest absolute Gasteiger partial charge is 0.228 e. The largest absolute Gasteiger partial charge is 0.366 e. The molecule has 1 atom stereocenters. The van der Waals surface area contributed by atoms with Gasteiger partial charge in [0.1, 0.15) is 5.82 Å². The summed E-state index contributed by atoms with van der Waals surface area (Å²) >= 11 is 0. The molecule has 0 bridgehead atoms. The number of amides is 2. The average molecular weight is 395 g/mol. The summed E-state index contributed by atoms with van der Waals surface area (Å²) in [5.74, 6) is -0.526. The van der Waals surface area contributed by atoms with Crippen LogP contribution in [0, 0.1) is 25.6 Å². The Morgan fingerprint density at radius 1 is 1.00 bits per heavy atom. The summed E-state index contributed by atoms with van der Waals surface area (Å²) in [6.45, 7) is 6.68. The van der Waals surface area contributed by atoms with E-state index in [0.717, 1.165) is 16.8 Å². The van der Waals surface area contributed by atoms with Crippen LogP contribution in [0.4, 0.5) is 15.8 Å². The van der Waals surface area contributed by atoms with Gasteiger partial charge in [0.2, 0.25) is 11.8 Å². The number of piperazine rings is 1. The number of hydrogen-bond acceptors (Lipinski definition) is 3. The minimum Gasteiger partial charge on any atom is -0.366 e. The van der Waals surface area contributed by atoms with E-state index in [2.05, 4.69) is 0 Å². The predicted molar refractivity (Wildman–Crippen MR) is 112 cm³/mol. The average Bonchev–Trinajstić information content (AvgIpc) is 3.11. The summed E-state index contributed by atoms with van der Waals surface area (Å²) in [4.78, 5) is 31.2. The maximum Gasteiger partial charge on any atom is 0.228 e. The second-order valence-electron chi connectivity index (χ2n) is 7.96. The standard InChI is InChI=1S/C23H26FN3O2/c1-16-7-8-17(2)21(13-16)27-15-18(14-22(27)28)23(29)26-11-9-25(10-12-26)20-6-4-3-5-19(20)24/h3-8,13,18H,9-12,14-15H2,1-2H3. The van der Waals surface area contributed by atoms with Crippen molar-refractivity contribution in [3.63, 3.8) is 0 Å². The maximum atomic E-state index is 14.0. The molecule has 2 aliphatic rings. The lowest BCUT2D eigenvalue weighted by atomic mass is 10.1. The second-order valence-corrected chi connectivity index (χ2v) is 7.96. The Labute approximate surface area is 170 Å². The number of halogens is 1. The zero-order valence-corrected chi connectivity index (χ0v) is 16.9. The highest BCUT2D eigenvalue weighted by molar-refractivity contribution is 6.01. The molecule has 29 heavy (non-hydrogen) atoms. The van der Waals surface area contributed by atoms with Gasteiger partial charge in [-0.05, 0) is 43.2 Å². The lowest BCUT2D eigenvalue weighted by Crippen LogP contribution is -2.51. The van der Waals surface area contributed by atoms with E-state index in [9.17, 15) is 14.0 Å². The Morgan fingerprint density at radius 2 is 1.72 bits per heavy atom. The quantitative estimate of drug-likeness (QED) is 0.802. The van der Waals surface area contributed by atoms with Gasteiger partial charge < -0.3 is 14.7 Å². The summed E-state index contributed by atoms with van der Waals surface area (Å²) < 4.78 is 14.0. The normalized spacial score (nSPS) is 19.8. The van der Waals surface area contributed by atoms with Crippen molar-refractivity contribution < 1.29 is 14.0 Å². The van der Waals surface area contributed by atoms with Gasteiger partial charge in [-0.25, -0.2) is 4.39 Å². The van der Waals surface area contributed by atoms with Crippen LogP contribution in [0.1, 0.15) is 17.5 Å². The van der Waals surface area contributed by atoms with Gasteiger partial charge in [-0.15, -0.1) is 0 Å². The summed E-state index contributed by atoms with van der Waals surface area (Å²) in [6, 6.07) is 12.8. The molecule has 0 aromatic heterocycles. The minimum atomic E-state index is -0.317. The fraction of sp³-hybridized carbons (Fsp3) is 0.391. The fourth-order valence-electron chi connectivity index (χ4n) is 4.25. The van der Waals surface area contributed by atoms with Crippen LogP contribution < -0.4 is 9.80 Å². The molecule has 4 rings (SSSR count). The van der Waals surface area contributed by atoms with E-state index in [1.807, 2.05) is 47.9 Å². The molecule has 5 nitrogen and oxygen atoms in total. The molecule has 0 radical (unpaired) electrons. The molecule has 2 amide bonds. The summed E-state index contributed by atoms with van der Waals surface area (Å²) in [5, 5.41) is 0. The highest BCUT2D eigenvalue weighted by atomic mass is 19.1. The summed E-state index contributed by atoms with van der Waals surface area (Å²) in [6.07, 6.45) is 0.250. The van der Waals surface area contributed by atoms with Gasteiger partial charge in [-0.1, -0.05) is 24.3 Å². The molecule has 1 unspecified atom stereocenters. The molecule has 2 aromatic rings. The van der Waals surface area contributed by atoms with Gasteiger partial charge in [-0.3, -0.25) is 9.59 Å². The van der Waals surface area contributed by atoms with E-state index in [-0.39, 0.29) is 30.0 Å². The number of nitrogens with zero attached hydrogens (tertiary/aromatic N) is 3. The molecule has 0 spiro atoms. The molecule has 2 aromatic carbocycles. The van der Waals surface area contributed by atoms with Crippen LogP contribution in [-0.2, 0) is 9.59 Å².